The Morgan fingerprint density at radius 3 is 1.01 bits per heavy atom. The SMILES string of the molecule is C.CCCOCCCc1nnc(-c2cccc(Cl)c2Cl)c(N)n1.CCN(CC)CCOCCCc1nnc(-c2cccc(Cl)c2Cl)c(N)n1.CCNCC.CS(=O)(=O)Cl.NCCOCCO.Nc1nc(CCCOCCO)nnc1-c1cccc(Cl)c1Cl.Nc1nc(CCCOCCO)nnc1Cl.Nc1nc(Cl)nnc1Cl.OB(O)c1cccc(Cl)c1Cl. The number of nitrogen functional groups attached to an aromatic ring is 5. The Balaban J connectivity index is 0.00000143. The van der Waals surface area contributed by atoms with Gasteiger partial charge in [-0.25, -0.2) is 28.4 Å². The fourth-order valence-corrected chi connectivity index (χ4v) is 10.7. The number of nitrogens with two attached hydrogens (primary N) is 6. The molecule has 35 nitrogen and oxygen atoms in total. The van der Waals surface area contributed by atoms with E-state index in [0.29, 0.717) is 189 Å². The Morgan fingerprint density at radius 2 is 0.724 bits per heavy atom. The van der Waals surface area contributed by atoms with Crippen molar-refractivity contribution >= 4 is 189 Å². The summed E-state index contributed by atoms with van der Waals surface area (Å²) < 4.78 is 44.9. The van der Waals surface area contributed by atoms with E-state index in [4.69, 9.17) is 211 Å². The van der Waals surface area contributed by atoms with Gasteiger partial charge in [-0.3, -0.25) is 0 Å². The molecule has 18 N–H and O–H groups in total. The van der Waals surface area contributed by atoms with Gasteiger partial charge in [-0.15, -0.1) is 51.0 Å². The van der Waals surface area contributed by atoms with E-state index in [1.165, 1.54) is 6.07 Å². The molecule has 9 aromatic rings. The third-order valence-corrected chi connectivity index (χ3v) is 18.5. The molecule has 0 amide bonds. The lowest BCUT2D eigenvalue weighted by atomic mass is 9.80. The van der Waals surface area contributed by atoms with E-state index < -0.39 is 16.2 Å². The van der Waals surface area contributed by atoms with Gasteiger partial charge in [-0.05, 0) is 94.1 Å². The number of ether oxygens (including phenoxy) is 5. The van der Waals surface area contributed by atoms with Gasteiger partial charge < -0.3 is 93.7 Å². The predicted molar refractivity (Wildman–Crippen MR) is 496 cm³/mol. The lowest BCUT2D eigenvalue weighted by Crippen LogP contribution is -2.30. The number of hydrogen-bond acceptors (Lipinski definition) is 35. The van der Waals surface area contributed by atoms with Crippen molar-refractivity contribution in [3.8, 4) is 33.8 Å². The van der Waals surface area contributed by atoms with Crippen molar-refractivity contribution in [3.63, 3.8) is 0 Å². The van der Waals surface area contributed by atoms with Crippen molar-refractivity contribution in [2.75, 3.05) is 160 Å². The van der Waals surface area contributed by atoms with Crippen LogP contribution in [-0.2, 0) is 58.4 Å². The molecule has 0 radical (unpaired) electrons. The van der Waals surface area contributed by atoms with E-state index in [1.54, 1.807) is 66.7 Å². The first-order valence-corrected chi connectivity index (χ1v) is 44.4. The summed E-state index contributed by atoms with van der Waals surface area (Å²) in [4.78, 5) is 22.6. The number of aliphatic hydroxyl groups is 3. The van der Waals surface area contributed by atoms with Gasteiger partial charge in [0.25, 0.3) is 0 Å². The van der Waals surface area contributed by atoms with E-state index in [0.717, 1.165) is 84.3 Å². The average Bonchev–Trinajstić information content (AvgIpc) is 0.821. The molecule has 49 heteroatoms. The standard InChI is InChI=1S/C18H25Cl2N5O.C15H18Cl2N4O.C14H16Cl2N4O2.C8H13ClN4O2.C6H5BCl2O2.C4H11NO2.C4H11N.C3H2Cl2N4.CH3ClO2S.CH4/c1-3-25(4-2)10-12-26-11-6-9-15-22-18(21)17(24-23-15)13-7-5-8-14(19)16(13)20;1-2-8-22-9-4-7-12-19-15(18)14(21-20-12)10-5-3-6-11(16)13(10)17;15-10-4-1-3-9(12(10)16)13-14(17)18-11(19-20-13)5-2-7-22-8-6-21;9-7-8(10)11-6(12-13-7)2-1-4-15-5-3-14;8-5-3-1-2-4(6(5)9)7(10)11;5-1-3-7-4-2-6;1-3-5-4-2;4-1-2(6)7-3(5)9-8-1;1-5(2,3)4;/h5,7-8H,3-4,6,9-12H2,1-2H3,(H2,21,22,23);3,5-6H,2,4,7-9H2,1H3,(H2,18,19,20);1,3-4,21H,2,5-8H2,(H2,17,18,19);14H,1-5H2,(H2,10,11,12);1-3,10-11H;6H,1-5H2;5H,3-4H2,1-2H3;(H2,6,7,9);1H3;1H4. The Morgan fingerprint density at radius 1 is 0.415 bits per heavy atom. The van der Waals surface area contributed by atoms with Gasteiger partial charge in [-0.2, -0.15) is 4.98 Å². The van der Waals surface area contributed by atoms with Crippen molar-refractivity contribution in [3.05, 3.63) is 152 Å². The number of benzene rings is 4. The number of aliphatic hydroxyl groups excluding tert-OH is 3. The van der Waals surface area contributed by atoms with Crippen LogP contribution in [0.15, 0.2) is 72.8 Å². The lowest BCUT2D eigenvalue weighted by Gasteiger charge is -2.17. The largest absolute Gasteiger partial charge is 0.490 e. The quantitative estimate of drug-likeness (QED) is 0.00977. The summed E-state index contributed by atoms with van der Waals surface area (Å²) in [5.74, 6) is 3.40. The van der Waals surface area contributed by atoms with Crippen LogP contribution in [0.2, 0.25) is 55.8 Å². The molecule has 0 atom stereocenters. The van der Waals surface area contributed by atoms with Crippen LogP contribution in [0.4, 0.5) is 29.1 Å². The lowest BCUT2D eigenvalue weighted by molar-refractivity contribution is 0.0906. The number of rotatable bonds is 37. The van der Waals surface area contributed by atoms with Crippen molar-refractivity contribution < 1.29 is 57.5 Å². The summed E-state index contributed by atoms with van der Waals surface area (Å²) in [5.41, 5.74) is 37.0. The molecule has 0 spiro atoms. The number of aromatic nitrogens is 15. The van der Waals surface area contributed by atoms with Crippen LogP contribution in [0.5, 0.6) is 0 Å². The Bertz CT molecular complexity index is 4400. The van der Waals surface area contributed by atoms with E-state index in [9.17, 15) is 8.42 Å². The molecule has 0 fully saturated rings. The molecule has 0 unspecified atom stereocenters. The minimum atomic E-state index is -3.19. The van der Waals surface area contributed by atoms with E-state index in [-0.39, 0.29) is 70.8 Å². The van der Waals surface area contributed by atoms with Gasteiger partial charge in [0, 0.05) is 105 Å². The first-order chi connectivity index (χ1) is 58.2. The summed E-state index contributed by atoms with van der Waals surface area (Å²) in [6, 6.07) is 20.4. The second-order valence-corrected chi connectivity index (χ2v) is 31.2. The Hall–Kier alpha value is -6.10. The Kier molecular flexibility index (Phi) is 66.5. The number of nitrogens with zero attached hydrogens (tertiary/aromatic N) is 16. The fraction of sp³-hybridized carbons (Fsp3) is 0.473. The smallest absolute Gasteiger partial charge is 0.423 e. The maximum Gasteiger partial charge on any atom is 0.490 e. The predicted octanol–water partition coefficient (Wildman–Crippen LogP) is 11.7. The Labute approximate surface area is 777 Å². The van der Waals surface area contributed by atoms with Crippen LogP contribution in [0.1, 0.15) is 97.4 Å². The highest BCUT2D eigenvalue weighted by Crippen LogP contribution is 2.37. The minimum absolute atomic E-state index is 0. The molecule has 0 saturated carbocycles. The first-order valence-electron chi connectivity index (χ1n) is 37.5. The molecule has 4 aromatic carbocycles. The van der Waals surface area contributed by atoms with Crippen molar-refractivity contribution in [1.29, 1.82) is 0 Å². The van der Waals surface area contributed by atoms with Gasteiger partial charge in [0.1, 0.15) is 17.1 Å². The van der Waals surface area contributed by atoms with Crippen LogP contribution in [-0.4, -0.2) is 253 Å². The van der Waals surface area contributed by atoms with Crippen molar-refractivity contribution in [2.45, 2.75) is 99.8 Å². The zero-order chi connectivity index (χ0) is 91.4. The highest BCUT2D eigenvalue weighted by molar-refractivity contribution is 8.13. The molecule has 123 heavy (non-hydrogen) atoms. The molecule has 684 valence electrons. The molecule has 0 bridgehead atoms. The van der Waals surface area contributed by atoms with E-state index in [2.05, 4.69) is 131 Å². The summed E-state index contributed by atoms with van der Waals surface area (Å²) in [5, 5.41) is 87.8. The fourth-order valence-electron chi connectivity index (χ4n) is 8.81. The van der Waals surface area contributed by atoms with Gasteiger partial charge in [0.15, 0.2) is 62.7 Å². The topological polar surface area (TPSA) is 546 Å². The molecular weight excluding hydrogens is 1870 g/mol. The molecule has 0 aliphatic carbocycles. The van der Waals surface area contributed by atoms with Gasteiger partial charge in [0.2, 0.25) is 14.3 Å². The van der Waals surface area contributed by atoms with Crippen LogP contribution >= 0.6 is 138 Å². The van der Waals surface area contributed by atoms with Crippen molar-refractivity contribution in [1.82, 2.24) is 86.1 Å². The molecular formula is C74H108BCl12N23O12S. The molecule has 5 heterocycles. The maximum atomic E-state index is 9.40. The molecule has 9 rings (SSSR count). The van der Waals surface area contributed by atoms with Crippen LogP contribution < -0.4 is 45.2 Å². The molecule has 5 aromatic heterocycles. The van der Waals surface area contributed by atoms with E-state index >= 15 is 0 Å². The average molecular weight is 1980 g/mol. The molecule has 0 aliphatic heterocycles. The number of halogens is 12. The van der Waals surface area contributed by atoms with Gasteiger partial charge >= 0.3 is 7.12 Å². The van der Waals surface area contributed by atoms with Gasteiger partial charge in [0.05, 0.1) is 99.3 Å². The second kappa shape index (κ2) is 70.0. The number of hydrogen-bond donors (Lipinski definition) is 12. The zero-order valence-corrected chi connectivity index (χ0v) is 77.8. The molecule has 0 aliphatic rings. The number of nitrogens with one attached hydrogen (secondary N) is 1. The van der Waals surface area contributed by atoms with Crippen LogP contribution in [0.25, 0.3) is 33.8 Å². The zero-order valence-electron chi connectivity index (χ0n) is 68.0. The normalized spacial score (nSPS) is 10.5. The highest BCUT2D eigenvalue weighted by atomic mass is 35.7. The summed E-state index contributed by atoms with van der Waals surface area (Å²) in [6.07, 6.45) is 7.60. The van der Waals surface area contributed by atoms with Crippen LogP contribution in [0.3, 0.4) is 0 Å². The number of anilines is 5. The maximum absolute atomic E-state index is 9.40. The number of likely N-dealkylation sites (N-methyl/N-ethyl adjacent to an activating group) is 1. The number of aryl methyl sites for hydroxylation is 4. The third kappa shape index (κ3) is 51.5. The monoisotopic (exact) mass is 1970 g/mol. The first kappa shape index (κ1) is 117. The van der Waals surface area contributed by atoms with Gasteiger partial charge in [-0.1, -0.05) is 207 Å². The summed E-state index contributed by atoms with van der Waals surface area (Å²) in [6.45, 7) is 22.0. The second-order valence-electron chi connectivity index (χ2n) is 24.0. The minimum Gasteiger partial charge on any atom is -0.423 e. The van der Waals surface area contributed by atoms with E-state index in [1.807, 2.05) is 0 Å². The van der Waals surface area contributed by atoms with Crippen LogP contribution in [0, 0.1) is 0 Å². The molecule has 0 saturated heterocycles. The third-order valence-electron chi connectivity index (χ3n) is 14.5. The highest BCUT2D eigenvalue weighted by Gasteiger charge is 2.19. The van der Waals surface area contributed by atoms with Crippen molar-refractivity contribution in [2.24, 2.45) is 5.73 Å². The summed E-state index contributed by atoms with van der Waals surface area (Å²) >= 11 is 64.0. The summed E-state index contributed by atoms with van der Waals surface area (Å²) in [7, 11) is -0.260.